The molecule has 3 unspecified atom stereocenters. The second-order valence-corrected chi connectivity index (χ2v) is 5.57. The maximum Gasteiger partial charge on any atom is 0.326 e. The molecule has 1 fully saturated rings. The minimum Gasteiger partial charge on any atom is -0.480 e. The van der Waals surface area contributed by atoms with E-state index in [9.17, 15) is 9.59 Å². The molecule has 0 aromatic heterocycles. The van der Waals surface area contributed by atoms with Crippen LogP contribution in [0.2, 0.25) is 0 Å². The van der Waals surface area contributed by atoms with E-state index in [0.717, 1.165) is 6.42 Å². The first kappa shape index (κ1) is 15.3. The Labute approximate surface area is 124 Å². The van der Waals surface area contributed by atoms with Crippen LogP contribution < -0.4 is 5.32 Å². The van der Waals surface area contributed by atoms with Gasteiger partial charge < -0.3 is 10.4 Å². The lowest BCUT2D eigenvalue weighted by Crippen LogP contribution is -2.41. The predicted octanol–water partition coefficient (Wildman–Crippen LogP) is 2.63. The van der Waals surface area contributed by atoms with Gasteiger partial charge in [-0.1, -0.05) is 30.3 Å². The van der Waals surface area contributed by atoms with Crippen LogP contribution in [0.1, 0.15) is 36.3 Å². The first-order valence-electron chi connectivity index (χ1n) is 7.24. The van der Waals surface area contributed by atoms with Gasteiger partial charge in [0.25, 0.3) is 0 Å². The Morgan fingerprint density at radius 1 is 1.48 bits per heavy atom. The second kappa shape index (κ2) is 6.57. The summed E-state index contributed by atoms with van der Waals surface area (Å²) in [5.74, 6) is -1.02. The zero-order chi connectivity index (χ0) is 15.4. The maximum atomic E-state index is 12.2. The van der Waals surface area contributed by atoms with Gasteiger partial charge in [0, 0.05) is 5.92 Å². The summed E-state index contributed by atoms with van der Waals surface area (Å²) in [4.78, 5) is 23.3. The van der Waals surface area contributed by atoms with Gasteiger partial charge in [-0.25, -0.2) is 4.79 Å². The Morgan fingerprint density at radius 3 is 2.81 bits per heavy atom. The van der Waals surface area contributed by atoms with Crippen molar-refractivity contribution >= 4 is 11.9 Å². The van der Waals surface area contributed by atoms with Crippen LogP contribution in [0.15, 0.2) is 36.9 Å². The summed E-state index contributed by atoms with van der Waals surface area (Å²) in [5.41, 5.74) is 2.37. The van der Waals surface area contributed by atoms with E-state index >= 15 is 0 Å². The number of hydrogen-bond donors (Lipinski definition) is 2. The standard InChI is InChI=1S/C17H21NO3/c1-3-4-9-15(17(20)21)18-16(19)14-10-13(14)12-8-6-5-7-11(12)2/h3,5-8,13-15H,1,4,9-10H2,2H3,(H,18,19)(H,20,21). The Morgan fingerprint density at radius 2 is 2.19 bits per heavy atom. The van der Waals surface area contributed by atoms with Gasteiger partial charge in [-0.15, -0.1) is 6.58 Å². The molecule has 1 aromatic carbocycles. The van der Waals surface area contributed by atoms with Gasteiger partial charge in [0.05, 0.1) is 0 Å². The Hall–Kier alpha value is -2.10. The van der Waals surface area contributed by atoms with Gasteiger partial charge >= 0.3 is 5.97 Å². The molecule has 1 aliphatic carbocycles. The zero-order valence-electron chi connectivity index (χ0n) is 12.2. The number of allylic oxidation sites excluding steroid dienone is 1. The summed E-state index contributed by atoms with van der Waals surface area (Å²) in [6.07, 6.45) is 3.41. The van der Waals surface area contributed by atoms with Gasteiger partial charge in [0.1, 0.15) is 6.04 Å². The summed E-state index contributed by atoms with van der Waals surface area (Å²) < 4.78 is 0. The highest BCUT2D eigenvalue weighted by molar-refractivity contribution is 5.87. The molecule has 21 heavy (non-hydrogen) atoms. The van der Waals surface area contributed by atoms with E-state index in [1.165, 1.54) is 11.1 Å². The predicted molar refractivity (Wildman–Crippen MR) is 81.0 cm³/mol. The minimum absolute atomic E-state index is 0.100. The van der Waals surface area contributed by atoms with E-state index in [2.05, 4.69) is 11.9 Å². The lowest BCUT2D eigenvalue weighted by atomic mass is 10.0. The smallest absolute Gasteiger partial charge is 0.326 e. The minimum atomic E-state index is -0.988. The van der Waals surface area contributed by atoms with Crippen LogP contribution in [0.5, 0.6) is 0 Å². The quantitative estimate of drug-likeness (QED) is 0.758. The van der Waals surface area contributed by atoms with Crippen molar-refractivity contribution in [3.05, 3.63) is 48.0 Å². The molecule has 0 radical (unpaired) electrons. The zero-order valence-corrected chi connectivity index (χ0v) is 12.2. The van der Waals surface area contributed by atoms with E-state index < -0.39 is 12.0 Å². The number of carboxylic acid groups (broad SMARTS) is 1. The Bertz CT molecular complexity index is 553. The van der Waals surface area contributed by atoms with Crippen molar-refractivity contribution in [1.82, 2.24) is 5.32 Å². The highest BCUT2D eigenvalue weighted by Gasteiger charge is 2.45. The molecule has 2 N–H and O–H groups in total. The number of hydrogen-bond acceptors (Lipinski definition) is 2. The number of benzene rings is 1. The highest BCUT2D eigenvalue weighted by atomic mass is 16.4. The Balaban J connectivity index is 1.95. The molecule has 3 atom stereocenters. The normalized spacial score (nSPS) is 21.4. The molecule has 0 saturated heterocycles. The molecule has 2 rings (SSSR count). The van der Waals surface area contributed by atoms with Gasteiger partial charge in [-0.05, 0) is 43.2 Å². The van der Waals surface area contributed by atoms with E-state index in [-0.39, 0.29) is 17.7 Å². The SMILES string of the molecule is C=CCCC(NC(=O)C1CC1c1ccccc1C)C(=O)O. The molecule has 0 aliphatic heterocycles. The molecule has 1 saturated carbocycles. The van der Waals surface area contributed by atoms with E-state index in [1.54, 1.807) is 6.08 Å². The van der Waals surface area contributed by atoms with Crippen molar-refractivity contribution in [1.29, 1.82) is 0 Å². The monoisotopic (exact) mass is 287 g/mol. The summed E-state index contributed by atoms with van der Waals surface area (Å²) >= 11 is 0. The van der Waals surface area contributed by atoms with Crippen LogP contribution >= 0.6 is 0 Å². The number of carbonyl (C=O) groups is 2. The van der Waals surface area contributed by atoms with Crippen molar-refractivity contribution in [3.63, 3.8) is 0 Å². The fourth-order valence-electron chi connectivity index (χ4n) is 2.65. The number of aliphatic carboxylic acids is 1. The topological polar surface area (TPSA) is 66.4 Å². The van der Waals surface area contributed by atoms with Crippen LogP contribution in [-0.4, -0.2) is 23.0 Å². The number of amides is 1. The van der Waals surface area contributed by atoms with Gasteiger partial charge in [0.15, 0.2) is 0 Å². The van der Waals surface area contributed by atoms with E-state index in [4.69, 9.17) is 5.11 Å². The summed E-state index contributed by atoms with van der Waals surface area (Å²) in [7, 11) is 0. The third kappa shape index (κ3) is 3.72. The van der Waals surface area contributed by atoms with Crippen molar-refractivity contribution in [2.75, 3.05) is 0 Å². The van der Waals surface area contributed by atoms with E-state index in [0.29, 0.717) is 12.8 Å². The van der Waals surface area contributed by atoms with Crippen LogP contribution in [0.25, 0.3) is 0 Å². The fourth-order valence-corrected chi connectivity index (χ4v) is 2.65. The molecule has 0 spiro atoms. The van der Waals surface area contributed by atoms with Gasteiger partial charge in [0.2, 0.25) is 5.91 Å². The molecule has 0 bridgehead atoms. The van der Waals surface area contributed by atoms with Crippen molar-refractivity contribution in [3.8, 4) is 0 Å². The third-order valence-electron chi connectivity index (χ3n) is 3.99. The highest BCUT2D eigenvalue weighted by Crippen LogP contribution is 2.48. The molecule has 1 aromatic rings. The fraction of sp³-hybridized carbons (Fsp3) is 0.412. The van der Waals surface area contributed by atoms with Gasteiger partial charge in [-0.3, -0.25) is 4.79 Å². The third-order valence-corrected chi connectivity index (χ3v) is 3.99. The molecular weight excluding hydrogens is 266 g/mol. The van der Waals surface area contributed by atoms with Crippen LogP contribution in [0.4, 0.5) is 0 Å². The lowest BCUT2D eigenvalue weighted by Gasteiger charge is -2.13. The van der Waals surface area contributed by atoms with Crippen LogP contribution in [-0.2, 0) is 9.59 Å². The lowest BCUT2D eigenvalue weighted by molar-refractivity contribution is -0.142. The molecule has 4 nitrogen and oxygen atoms in total. The molecule has 0 heterocycles. The van der Waals surface area contributed by atoms with Crippen molar-refractivity contribution in [2.45, 2.75) is 38.1 Å². The van der Waals surface area contributed by atoms with E-state index in [1.807, 2.05) is 31.2 Å². The van der Waals surface area contributed by atoms with Crippen LogP contribution in [0, 0.1) is 12.8 Å². The molecule has 1 aliphatic rings. The average molecular weight is 287 g/mol. The summed E-state index contributed by atoms with van der Waals surface area (Å²) in [6, 6.07) is 7.20. The molecular formula is C17H21NO3. The number of carboxylic acids is 1. The largest absolute Gasteiger partial charge is 0.480 e. The first-order valence-corrected chi connectivity index (χ1v) is 7.24. The number of aryl methyl sites for hydroxylation is 1. The van der Waals surface area contributed by atoms with Gasteiger partial charge in [-0.2, -0.15) is 0 Å². The molecule has 1 amide bonds. The number of nitrogens with one attached hydrogen (secondary N) is 1. The average Bonchev–Trinajstić information content (AvgIpc) is 3.23. The number of carbonyl (C=O) groups excluding carboxylic acids is 1. The number of rotatable bonds is 7. The maximum absolute atomic E-state index is 12.2. The molecule has 4 heteroatoms. The second-order valence-electron chi connectivity index (χ2n) is 5.57. The van der Waals surface area contributed by atoms with Crippen LogP contribution in [0.3, 0.4) is 0 Å². The summed E-state index contributed by atoms with van der Waals surface area (Å²) in [6.45, 7) is 5.61. The molecule has 112 valence electrons. The van der Waals surface area contributed by atoms with Crippen molar-refractivity contribution in [2.24, 2.45) is 5.92 Å². The first-order chi connectivity index (χ1) is 10.0. The Kier molecular flexibility index (Phi) is 4.78. The van der Waals surface area contributed by atoms with Crippen molar-refractivity contribution < 1.29 is 14.7 Å². The summed E-state index contributed by atoms with van der Waals surface area (Å²) in [5, 5.41) is 11.8.